The summed E-state index contributed by atoms with van der Waals surface area (Å²) in [6, 6.07) is 79.6. The van der Waals surface area contributed by atoms with Crippen LogP contribution in [0.15, 0.2) is 306 Å². The lowest BCUT2D eigenvalue weighted by molar-refractivity contribution is 0.102. The molecule has 1 amide bonds. The number of fused-ring (bicyclic) bond motifs is 4. The number of aromatic nitrogens is 5. The van der Waals surface area contributed by atoms with Gasteiger partial charge in [-0.05, 0) is 276 Å². The van der Waals surface area contributed by atoms with E-state index in [1.165, 1.54) is 59.7 Å². The number of pyridine rings is 5. The van der Waals surface area contributed by atoms with Crippen LogP contribution in [0.5, 0.6) is 0 Å². The van der Waals surface area contributed by atoms with Crippen LogP contribution in [0.25, 0.3) is 88.5 Å². The quantitative estimate of drug-likeness (QED) is 0.0584. The van der Waals surface area contributed by atoms with E-state index in [0.29, 0.717) is 124 Å². The summed E-state index contributed by atoms with van der Waals surface area (Å²) in [7, 11) is -25.9. The molecule has 4 N–H and O–H groups in total. The molecule has 20 rings (SSSR count). The number of nitrogens with zero attached hydrogens (tertiary/aromatic N) is 9. The number of nitrogens with one attached hydrogen (secondary N) is 4. The monoisotopic (exact) mass is 2140 g/mol. The van der Waals surface area contributed by atoms with Gasteiger partial charge in [0, 0.05) is 110 Å². The van der Waals surface area contributed by atoms with Crippen LogP contribution < -0.4 is 36.7 Å². The van der Waals surface area contributed by atoms with Gasteiger partial charge in [-0.15, -0.1) is 0 Å². The SMILES string of the molecule is Cc1ccc(NS(=O)(=O)c2ccc(N3CCCCCS3(=O)=O)cc2C)cc1-c1ccc2ccccc2n1.Cc1ccc(NS(=O)(=O)c2ccc(N3CCCCCS3(=O)=O)cc2Cl)cc1-c1ccc2cnccc2n1.Cc1ccc(NS(=O)(=O)c2ccc(N3CCCCCS3(=O)=O)cc2Cl)cc1-c1nccc2ccccc12.O=C(Nc1ccc(Cl)c(-c2ccc3ccccc3n2)c1)c1ccc(N2CCOCS2(=O)=O)cc1. The number of carbonyl (C=O) groups excluding carboxylic acids is 1. The topological polar surface area (TPSA) is 391 Å². The fourth-order valence-electron chi connectivity index (χ4n) is 17.5. The number of sulfonamides is 7. The highest BCUT2D eigenvalue weighted by molar-refractivity contribution is 7.94. The molecule has 4 fully saturated rings. The van der Waals surface area contributed by atoms with Crippen LogP contribution >= 0.6 is 34.8 Å². The van der Waals surface area contributed by atoms with Crippen LogP contribution in [0.2, 0.25) is 15.1 Å². The van der Waals surface area contributed by atoms with Crippen molar-refractivity contribution in [3.05, 3.63) is 334 Å². The molecule has 4 aliphatic heterocycles. The second kappa shape index (κ2) is 43.6. The number of para-hydroxylation sites is 2. The highest BCUT2D eigenvalue weighted by atomic mass is 35.5. The Bertz CT molecular complexity index is 8320. The molecule has 4 saturated heterocycles. The molecule has 0 radical (unpaired) electrons. The average molecular weight is 2140 g/mol. The van der Waals surface area contributed by atoms with E-state index >= 15 is 0 Å². The zero-order chi connectivity index (χ0) is 102. The minimum Gasteiger partial charge on any atom is -0.362 e. The normalized spacial score (nSPS) is 15.7. The van der Waals surface area contributed by atoms with Gasteiger partial charge in [-0.3, -0.25) is 46.1 Å². The van der Waals surface area contributed by atoms with Gasteiger partial charge >= 0.3 is 0 Å². The minimum absolute atomic E-state index is 0.0486. The molecule has 29 nitrogen and oxygen atoms in total. The van der Waals surface area contributed by atoms with Crippen LogP contribution in [-0.2, 0) is 74.9 Å². The van der Waals surface area contributed by atoms with E-state index in [0.717, 1.165) is 127 Å². The number of rotatable bonds is 19. The molecule has 11 aromatic carbocycles. The highest BCUT2D eigenvalue weighted by Gasteiger charge is 2.33. The zero-order valence-electron chi connectivity index (χ0n) is 79.0. The maximum Gasteiger partial charge on any atom is 0.263 e. The van der Waals surface area contributed by atoms with Crippen LogP contribution in [0.3, 0.4) is 0 Å². The number of hydrogen-bond donors (Lipinski definition) is 4. The Labute approximate surface area is 858 Å². The summed E-state index contributed by atoms with van der Waals surface area (Å²) in [5, 5.41) is 8.27. The van der Waals surface area contributed by atoms with E-state index in [1.54, 1.807) is 117 Å². The van der Waals surface area contributed by atoms with Gasteiger partial charge in [-0.25, -0.2) is 73.9 Å². The summed E-state index contributed by atoms with van der Waals surface area (Å²) in [4.78, 5) is 35.5. The molecule has 748 valence electrons. The van der Waals surface area contributed by atoms with Crippen molar-refractivity contribution in [2.45, 2.75) is 100 Å². The number of anilines is 8. The molecule has 4 aliphatic rings. The summed E-state index contributed by atoms with van der Waals surface area (Å²) < 4.78 is 198. The molecule has 0 aliphatic carbocycles. The molecular weight excluding hydrogens is 2040 g/mol. The lowest BCUT2D eigenvalue weighted by atomic mass is 10.00. The predicted molar refractivity (Wildman–Crippen MR) is 579 cm³/mol. The first-order valence-electron chi connectivity index (χ1n) is 46.5. The zero-order valence-corrected chi connectivity index (χ0v) is 87.0. The van der Waals surface area contributed by atoms with Gasteiger partial charge in [0.25, 0.3) is 46.0 Å². The first-order valence-corrected chi connectivity index (χ1v) is 58.5. The Balaban J connectivity index is 0.000000132. The fourth-order valence-corrected chi connectivity index (χ4v) is 28.4. The summed E-state index contributed by atoms with van der Waals surface area (Å²) in [5.41, 5.74) is 15.8. The van der Waals surface area contributed by atoms with Crippen molar-refractivity contribution in [2.75, 3.05) is 92.7 Å². The van der Waals surface area contributed by atoms with E-state index in [1.807, 2.05) is 160 Å². The molecule has 5 aromatic heterocycles. The van der Waals surface area contributed by atoms with E-state index in [-0.39, 0.29) is 60.4 Å². The van der Waals surface area contributed by atoms with Crippen LogP contribution in [-0.4, -0.2) is 146 Å². The summed E-state index contributed by atoms with van der Waals surface area (Å²) in [6.07, 6.45) is 11.8. The van der Waals surface area contributed by atoms with Gasteiger partial charge in [0.05, 0.1) is 112 Å². The largest absolute Gasteiger partial charge is 0.362 e. The number of carbonyl (C=O) groups is 1. The number of halogens is 3. The molecule has 0 spiro atoms. The molecule has 9 heterocycles. The third kappa shape index (κ3) is 24.0. The average Bonchev–Trinajstić information content (AvgIpc) is 1.71. The first-order chi connectivity index (χ1) is 69.3. The third-order valence-corrected chi connectivity index (χ3v) is 37.8. The molecule has 0 atom stereocenters. The fraction of sp³-hybridized carbons (Fsp3) is 0.208. The number of amides is 1. The molecule has 16 aromatic rings. The maximum absolute atomic E-state index is 13.3. The van der Waals surface area contributed by atoms with Crippen molar-refractivity contribution in [1.29, 1.82) is 0 Å². The van der Waals surface area contributed by atoms with Gasteiger partial charge < -0.3 is 10.1 Å². The summed E-state index contributed by atoms with van der Waals surface area (Å²) in [6.45, 7) is 9.18. The van der Waals surface area contributed by atoms with Crippen molar-refractivity contribution in [2.24, 2.45) is 0 Å². The van der Waals surface area contributed by atoms with E-state index in [2.05, 4.69) is 29.5 Å². The summed E-state index contributed by atoms with van der Waals surface area (Å²) in [5.74, 6) is -0.440. The molecule has 145 heavy (non-hydrogen) atoms. The molecule has 39 heteroatoms. The molecule has 0 bridgehead atoms. The predicted octanol–water partition coefficient (Wildman–Crippen LogP) is 21.9. The number of hydrogen-bond acceptors (Lipinski definition) is 21. The van der Waals surface area contributed by atoms with Crippen molar-refractivity contribution in [1.82, 2.24) is 24.9 Å². The standard InChI is InChI=1S/C28H29N3O4S2.C27H26ClN3O4S2.C26H25ClN4O4S2.C25H20ClN3O4S/c1-20-10-12-23(19-25(20)27-14-11-22-8-4-5-9-26(22)29-27)30-37(34,35)28-15-13-24(18-21(28)2)31-16-6-3-7-17-36(31,32)33;1-19-9-10-21(17-24(19)27-23-8-4-3-7-20(23)13-14-29-27)30-37(34,35)26-12-11-22(18-25(26)28)31-15-5-2-6-16-36(31,32)33;1-18-5-7-20(15-22(18)25-9-6-19-17-28-12-11-24(19)29-25)30-37(34,35)26-10-8-21(16-23(26)27)31-13-3-2-4-14-36(31,32)33;26-22-11-8-19(15-21(22)24-12-7-17-3-1-2-4-23(17)28-24)27-25(30)18-5-9-20(10-6-18)29-13-14-33-16-34(29,31)32/h4-5,8-15,18-19,30H,3,6-7,16-17H2,1-2H3;3-4,7-14,17-18,30H,2,5-6,15-16H2,1H3;5-12,15-17,30H,2-4,13-14H2,1H3;1-12,15H,13-14,16H2,(H,27,30). The van der Waals surface area contributed by atoms with E-state index in [9.17, 15) is 63.7 Å². The summed E-state index contributed by atoms with van der Waals surface area (Å²) >= 11 is 19.2. The second-order valence-corrected chi connectivity index (χ2v) is 49.3. The molecule has 0 saturated carbocycles. The first kappa shape index (κ1) is 103. The Morgan fingerprint density at radius 3 is 1.26 bits per heavy atom. The maximum atomic E-state index is 13.3. The third-order valence-electron chi connectivity index (χ3n) is 25.1. The minimum atomic E-state index is -4.05. The van der Waals surface area contributed by atoms with Gasteiger partial charge in [-0.1, -0.05) is 145 Å². The van der Waals surface area contributed by atoms with Crippen LogP contribution in [0, 0.1) is 27.7 Å². The Kier molecular flexibility index (Phi) is 31.0. The van der Waals surface area contributed by atoms with Gasteiger partial charge in [0.15, 0.2) is 5.94 Å². The lowest BCUT2D eigenvalue weighted by Crippen LogP contribution is -2.41. The smallest absolute Gasteiger partial charge is 0.263 e. The van der Waals surface area contributed by atoms with Crippen molar-refractivity contribution < 1.29 is 68.5 Å². The second-order valence-electron chi connectivity index (χ2n) is 35.3. The van der Waals surface area contributed by atoms with Gasteiger partial charge in [-0.2, -0.15) is 0 Å². The van der Waals surface area contributed by atoms with E-state index in [4.69, 9.17) is 54.5 Å². The van der Waals surface area contributed by atoms with Crippen molar-refractivity contribution in [3.8, 4) is 45.0 Å². The highest BCUT2D eigenvalue weighted by Crippen LogP contribution is 2.41. The van der Waals surface area contributed by atoms with Gasteiger partial charge in [0.2, 0.25) is 30.1 Å². The Hall–Kier alpha value is -13.2. The van der Waals surface area contributed by atoms with Crippen molar-refractivity contribution in [3.63, 3.8) is 0 Å². The van der Waals surface area contributed by atoms with E-state index < -0.39 is 70.2 Å². The number of benzene rings is 11. The Morgan fingerprint density at radius 1 is 0.345 bits per heavy atom. The molecule has 0 unspecified atom stereocenters. The van der Waals surface area contributed by atoms with Crippen LogP contribution in [0.4, 0.5) is 45.5 Å². The van der Waals surface area contributed by atoms with Crippen LogP contribution in [0.1, 0.15) is 90.4 Å². The molecular formula is C106H100Cl3N13O16S7. The number of aryl methyl sites for hydroxylation is 4. The lowest BCUT2D eigenvalue weighted by Gasteiger charge is -2.28. The van der Waals surface area contributed by atoms with Gasteiger partial charge in [0.1, 0.15) is 9.79 Å². The Morgan fingerprint density at radius 2 is 0.759 bits per heavy atom. The number of ether oxygens (including phenoxy) is 1. The van der Waals surface area contributed by atoms with Crippen molar-refractivity contribution >= 4 is 200 Å².